The van der Waals surface area contributed by atoms with Crippen LogP contribution < -0.4 is 18.9 Å². The lowest BCUT2D eigenvalue weighted by molar-refractivity contribution is 0.309. The number of methoxy groups -OCH3 is 3. The smallest absolute Gasteiger partial charge is 0.186 e. The van der Waals surface area contributed by atoms with Crippen molar-refractivity contribution in [1.82, 2.24) is 15.0 Å². The molecule has 0 fully saturated rings. The first-order valence-corrected chi connectivity index (χ1v) is 9.16. The van der Waals surface area contributed by atoms with Crippen LogP contribution in [0.2, 0.25) is 0 Å². The van der Waals surface area contributed by atoms with Crippen LogP contribution in [0.3, 0.4) is 0 Å². The van der Waals surface area contributed by atoms with Gasteiger partial charge in [0.2, 0.25) is 0 Å². The average molecular weight is 383 g/mol. The van der Waals surface area contributed by atoms with Crippen molar-refractivity contribution >= 4 is 0 Å². The third-order valence-electron chi connectivity index (χ3n) is 4.36. The molecule has 1 aromatic heterocycles. The number of hydrogen-bond donors (Lipinski definition) is 0. The van der Waals surface area contributed by atoms with Crippen LogP contribution in [0, 0.1) is 0 Å². The van der Waals surface area contributed by atoms with Gasteiger partial charge in [-0.05, 0) is 30.7 Å². The molecular formula is C21H25N3O4. The van der Waals surface area contributed by atoms with E-state index < -0.39 is 0 Å². The van der Waals surface area contributed by atoms with Gasteiger partial charge in [-0.15, -0.1) is 5.10 Å². The lowest BCUT2D eigenvalue weighted by atomic mass is 10.1. The highest BCUT2D eigenvalue weighted by Crippen LogP contribution is 2.39. The molecule has 7 nitrogen and oxygen atoms in total. The Labute approximate surface area is 164 Å². The van der Waals surface area contributed by atoms with Gasteiger partial charge in [0.15, 0.2) is 11.5 Å². The Morgan fingerprint density at radius 2 is 1.71 bits per heavy atom. The van der Waals surface area contributed by atoms with Crippen molar-refractivity contribution in [1.29, 1.82) is 0 Å². The van der Waals surface area contributed by atoms with Gasteiger partial charge in [0.05, 0.1) is 39.8 Å². The second-order valence-electron chi connectivity index (χ2n) is 6.14. The summed E-state index contributed by atoms with van der Waals surface area (Å²) in [5.41, 5.74) is 2.44. The lowest BCUT2D eigenvalue weighted by Crippen LogP contribution is -2.04. The molecule has 0 amide bonds. The van der Waals surface area contributed by atoms with E-state index in [0.717, 1.165) is 36.5 Å². The summed E-state index contributed by atoms with van der Waals surface area (Å²) in [6.07, 6.45) is 3.85. The molecule has 0 atom stereocenters. The predicted molar refractivity (Wildman–Crippen MR) is 107 cm³/mol. The molecule has 3 aromatic rings. The van der Waals surface area contributed by atoms with Crippen molar-refractivity contribution in [3.8, 4) is 39.9 Å². The molecule has 7 heteroatoms. The van der Waals surface area contributed by atoms with Gasteiger partial charge in [-0.1, -0.05) is 18.6 Å². The Bertz CT molecular complexity index is 907. The number of nitrogens with zero attached hydrogens (tertiary/aromatic N) is 3. The van der Waals surface area contributed by atoms with E-state index in [9.17, 15) is 0 Å². The summed E-state index contributed by atoms with van der Waals surface area (Å²) in [4.78, 5) is 0. The molecule has 0 aliphatic carbocycles. The van der Waals surface area contributed by atoms with E-state index >= 15 is 0 Å². The summed E-state index contributed by atoms with van der Waals surface area (Å²) in [7, 11) is 4.78. The first-order chi connectivity index (χ1) is 13.7. The van der Waals surface area contributed by atoms with E-state index in [4.69, 9.17) is 18.9 Å². The van der Waals surface area contributed by atoms with Gasteiger partial charge in [0.25, 0.3) is 0 Å². The first-order valence-electron chi connectivity index (χ1n) is 9.16. The second kappa shape index (κ2) is 9.12. The third kappa shape index (κ3) is 4.03. The normalized spacial score (nSPS) is 10.6. The molecule has 0 unspecified atom stereocenters. The maximum Gasteiger partial charge on any atom is 0.186 e. The summed E-state index contributed by atoms with van der Waals surface area (Å²) < 4.78 is 23.8. The largest absolute Gasteiger partial charge is 0.497 e. The second-order valence-corrected chi connectivity index (χ2v) is 6.14. The lowest BCUT2D eigenvalue weighted by Gasteiger charge is -2.16. The molecule has 0 bridgehead atoms. The highest BCUT2D eigenvalue weighted by molar-refractivity contribution is 5.66. The summed E-state index contributed by atoms with van der Waals surface area (Å²) >= 11 is 0. The van der Waals surface area contributed by atoms with Crippen LogP contribution in [0.4, 0.5) is 0 Å². The third-order valence-corrected chi connectivity index (χ3v) is 4.36. The van der Waals surface area contributed by atoms with E-state index in [2.05, 4.69) is 17.2 Å². The van der Waals surface area contributed by atoms with Gasteiger partial charge in [-0.3, -0.25) is 0 Å². The van der Waals surface area contributed by atoms with Gasteiger partial charge in [0, 0.05) is 17.7 Å². The molecule has 3 rings (SSSR count). The fourth-order valence-electron chi connectivity index (χ4n) is 2.86. The minimum absolute atomic E-state index is 0.551. The van der Waals surface area contributed by atoms with E-state index in [-0.39, 0.29) is 0 Å². The summed E-state index contributed by atoms with van der Waals surface area (Å²) in [6, 6.07) is 11.5. The molecule has 0 radical (unpaired) electrons. The van der Waals surface area contributed by atoms with Crippen LogP contribution in [-0.4, -0.2) is 42.9 Å². The van der Waals surface area contributed by atoms with Crippen molar-refractivity contribution < 1.29 is 18.9 Å². The molecule has 0 N–H and O–H groups in total. The molecule has 0 aliphatic heterocycles. The topological polar surface area (TPSA) is 67.6 Å². The Balaban J connectivity index is 1.98. The van der Waals surface area contributed by atoms with Gasteiger partial charge >= 0.3 is 0 Å². The molecule has 0 saturated carbocycles. The standard InChI is InChI=1S/C21H25N3O4/c1-5-6-11-28-16-9-7-15(8-10-16)19-14-22-23-24(19)18-12-17(25-2)13-20(26-3)21(18)27-4/h7-10,12-14H,5-6,11H2,1-4H3. The summed E-state index contributed by atoms with van der Waals surface area (Å²) in [5, 5.41) is 8.34. The number of hydrogen-bond acceptors (Lipinski definition) is 6. The van der Waals surface area contributed by atoms with Crippen molar-refractivity contribution in [3.63, 3.8) is 0 Å². The van der Waals surface area contributed by atoms with E-state index in [1.165, 1.54) is 0 Å². The Morgan fingerprint density at radius 3 is 2.36 bits per heavy atom. The predicted octanol–water partition coefficient (Wildman–Crippen LogP) is 4.14. The summed E-state index contributed by atoms with van der Waals surface area (Å²) in [6.45, 7) is 2.86. The molecule has 0 spiro atoms. The van der Waals surface area contributed by atoms with Crippen LogP contribution in [-0.2, 0) is 0 Å². The molecule has 0 aliphatic rings. The number of unbranched alkanes of at least 4 members (excludes halogenated alkanes) is 1. The number of benzene rings is 2. The minimum atomic E-state index is 0.551. The minimum Gasteiger partial charge on any atom is -0.497 e. The van der Waals surface area contributed by atoms with Crippen molar-refractivity contribution in [2.24, 2.45) is 0 Å². The quantitative estimate of drug-likeness (QED) is 0.517. The van der Waals surface area contributed by atoms with Crippen molar-refractivity contribution in [2.75, 3.05) is 27.9 Å². The SMILES string of the molecule is CCCCOc1ccc(-c2cnnn2-c2cc(OC)cc(OC)c2OC)cc1. The fraction of sp³-hybridized carbons (Fsp3) is 0.333. The van der Waals surface area contributed by atoms with E-state index in [1.54, 1.807) is 38.3 Å². The van der Waals surface area contributed by atoms with E-state index in [0.29, 0.717) is 22.9 Å². The molecule has 28 heavy (non-hydrogen) atoms. The number of ether oxygens (including phenoxy) is 4. The van der Waals surface area contributed by atoms with Gasteiger partial charge in [-0.25, -0.2) is 4.68 Å². The van der Waals surface area contributed by atoms with Crippen LogP contribution in [0.5, 0.6) is 23.0 Å². The van der Waals surface area contributed by atoms with Crippen molar-refractivity contribution in [3.05, 3.63) is 42.6 Å². The maximum absolute atomic E-state index is 5.74. The van der Waals surface area contributed by atoms with Crippen molar-refractivity contribution in [2.45, 2.75) is 19.8 Å². The number of rotatable bonds is 9. The molecule has 0 saturated heterocycles. The zero-order valence-corrected chi connectivity index (χ0v) is 16.6. The zero-order valence-electron chi connectivity index (χ0n) is 16.6. The van der Waals surface area contributed by atoms with Gasteiger partial charge in [-0.2, -0.15) is 0 Å². The first kappa shape index (κ1) is 19.5. The highest BCUT2D eigenvalue weighted by Gasteiger charge is 2.19. The van der Waals surface area contributed by atoms with E-state index in [1.807, 2.05) is 30.3 Å². The summed E-state index contributed by atoms with van der Waals surface area (Å²) in [5.74, 6) is 2.58. The molecule has 148 valence electrons. The van der Waals surface area contributed by atoms with Crippen LogP contribution in [0.25, 0.3) is 16.9 Å². The highest BCUT2D eigenvalue weighted by atomic mass is 16.5. The van der Waals surface area contributed by atoms with Crippen LogP contribution in [0.1, 0.15) is 19.8 Å². The Kier molecular flexibility index (Phi) is 6.37. The van der Waals surface area contributed by atoms with Crippen LogP contribution in [0.15, 0.2) is 42.6 Å². The Hall–Kier alpha value is -3.22. The molecular weight excluding hydrogens is 358 g/mol. The van der Waals surface area contributed by atoms with Crippen LogP contribution >= 0.6 is 0 Å². The Morgan fingerprint density at radius 1 is 0.929 bits per heavy atom. The monoisotopic (exact) mass is 383 g/mol. The zero-order chi connectivity index (χ0) is 19.9. The average Bonchev–Trinajstić information content (AvgIpc) is 3.23. The maximum atomic E-state index is 5.74. The van der Waals surface area contributed by atoms with Gasteiger partial charge in [0.1, 0.15) is 17.2 Å². The molecule has 1 heterocycles. The molecule has 2 aromatic carbocycles. The van der Waals surface area contributed by atoms with Gasteiger partial charge < -0.3 is 18.9 Å². The number of aromatic nitrogens is 3. The fourth-order valence-corrected chi connectivity index (χ4v) is 2.86.